The summed E-state index contributed by atoms with van der Waals surface area (Å²) in [5.74, 6) is 0. The van der Waals surface area contributed by atoms with Gasteiger partial charge in [0, 0.05) is 12.2 Å². The van der Waals surface area contributed by atoms with Crippen LogP contribution in [0.4, 0.5) is 0 Å². The zero-order valence-electron chi connectivity index (χ0n) is 16.2. The van der Waals surface area contributed by atoms with Crippen LogP contribution in [0.3, 0.4) is 0 Å². The fourth-order valence-corrected chi connectivity index (χ4v) is 3.11. The summed E-state index contributed by atoms with van der Waals surface area (Å²) in [6.07, 6.45) is 16.3. The maximum Gasteiger partial charge on any atom is 0.0143 e. The maximum atomic E-state index is 3.86. The number of nitrogens with one attached hydrogen (secondary N) is 1. The average Bonchev–Trinajstić information content (AvgIpc) is 2.59. The Kier molecular flexibility index (Phi) is 12.3. The molecular weight excluding hydrogens is 290 g/mol. The lowest BCUT2D eigenvalue weighted by atomic mass is 10.0. The van der Waals surface area contributed by atoms with Crippen molar-refractivity contribution in [3.63, 3.8) is 0 Å². The summed E-state index contributed by atoms with van der Waals surface area (Å²) in [6.45, 7) is 9.20. The molecule has 0 aliphatic carbocycles. The predicted molar refractivity (Wildman–Crippen MR) is 109 cm³/mol. The Morgan fingerprint density at radius 3 is 1.71 bits per heavy atom. The van der Waals surface area contributed by atoms with Gasteiger partial charge < -0.3 is 5.32 Å². The Balaban J connectivity index is 1.82. The number of rotatable bonds is 15. The fraction of sp³-hybridized carbons (Fsp3) is 0.652. The summed E-state index contributed by atoms with van der Waals surface area (Å²) in [7, 11) is 0. The molecule has 0 aliphatic heterocycles. The van der Waals surface area contributed by atoms with Crippen LogP contribution in [-0.4, -0.2) is 6.54 Å². The van der Waals surface area contributed by atoms with Gasteiger partial charge in [0.15, 0.2) is 0 Å². The van der Waals surface area contributed by atoms with Crippen LogP contribution in [0.5, 0.6) is 0 Å². The van der Waals surface area contributed by atoms with Crippen LogP contribution in [0, 0.1) is 0 Å². The molecule has 24 heavy (non-hydrogen) atoms. The standard InChI is InChI=1S/C23H39N/c1-4-22-16-18-23(19-17-22)15-13-11-9-7-5-6-8-10-12-14-20-24-21(2)3/h16-19,24H,2,4-15,20H2,1,3H3. The van der Waals surface area contributed by atoms with E-state index in [1.54, 1.807) is 0 Å². The number of allylic oxidation sites excluding steroid dienone is 1. The van der Waals surface area contributed by atoms with Crippen LogP contribution >= 0.6 is 0 Å². The van der Waals surface area contributed by atoms with E-state index >= 15 is 0 Å². The van der Waals surface area contributed by atoms with Crippen LogP contribution < -0.4 is 5.32 Å². The van der Waals surface area contributed by atoms with Crippen LogP contribution in [0.25, 0.3) is 0 Å². The van der Waals surface area contributed by atoms with E-state index in [2.05, 4.69) is 43.1 Å². The summed E-state index contributed by atoms with van der Waals surface area (Å²) in [6, 6.07) is 9.18. The highest BCUT2D eigenvalue weighted by Crippen LogP contribution is 2.13. The van der Waals surface area contributed by atoms with Crippen molar-refractivity contribution < 1.29 is 0 Å². The van der Waals surface area contributed by atoms with Gasteiger partial charge in [-0.05, 0) is 43.7 Å². The molecule has 1 nitrogen and oxygen atoms in total. The van der Waals surface area contributed by atoms with Crippen LogP contribution in [0.15, 0.2) is 36.5 Å². The minimum Gasteiger partial charge on any atom is -0.389 e. The van der Waals surface area contributed by atoms with E-state index in [1.165, 1.54) is 81.8 Å². The molecule has 0 heterocycles. The molecule has 0 radical (unpaired) electrons. The first-order valence-corrected chi connectivity index (χ1v) is 10.2. The van der Waals surface area contributed by atoms with Crippen molar-refractivity contribution in [1.29, 1.82) is 0 Å². The first kappa shape index (κ1) is 20.8. The lowest BCUT2D eigenvalue weighted by Gasteiger charge is -2.05. The second-order valence-corrected chi connectivity index (χ2v) is 7.16. The molecule has 1 heteroatoms. The van der Waals surface area contributed by atoms with Gasteiger partial charge in [-0.3, -0.25) is 0 Å². The Morgan fingerprint density at radius 2 is 1.21 bits per heavy atom. The maximum absolute atomic E-state index is 3.86. The number of unbranched alkanes of at least 4 members (excludes halogenated alkanes) is 9. The quantitative estimate of drug-likeness (QED) is 0.348. The molecule has 1 aromatic rings. The summed E-state index contributed by atoms with van der Waals surface area (Å²) >= 11 is 0. The van der Waals surface area contributed by atoms with Gasteiger partial charge >= 0.3 is 0 Å². The highest BCUT2D eigenvalue weighted by molar-refractivity contribution is 5.22. The molecule has 0 saturated heterocycles. The van der Waals surface area contributed by atoms with Crippen molar-refractivity contribution >= 4 is 0 Å². The summed E-state index contributed by atoms with van der Waals surface area (Å²) < 4.78 is 0. The molecular formula is C23H39N. The lowest BCUT2D eigenvalue weighted by molar-refractivity contribution is 0.547. The lowest BCUT2D eigenvalue weighted by Crippen LogP contribution is -2.11. The van der Waals surface area contributed by atoms with E-state index in [9.17, 15) is 0 Å². The molecule has 0 bridgehead atoms. The fourth-order valence-electron chi connectivity index (χ4n) is 3.11. The van der Waals surface area contributed by atoms with E-state index in [4.69, 9.17) is 0 Å². The zero-order chi connectivity index (χ0) is 17.5. The van der Waals surface area contributed by atoms with Crippen molar-refractivity contribution in [1.82, 2.24) is 5.32 Å². The monoisotopic (exact) mass is 329 g/mol. The minimum absolute atomic E-state index is 1.09. The Morgan fingerprint density at radius 1 is 0.750 bits per heavy atom. The Bertz CT molecular complexity index is 418. The molecule has 0 unspecified atom stereocenters. The predicted octanol–water partition coefficient (Wildman–Crippen LogP) is 6.82. The second kappa shape index (κ2) is 14.1. The first-order chi connectivity index (χ1) is 11.7. The molecule has 0 aromatic heterocycles. The topological polar surface area (TPSA) is 12.0 Å². The Hall–Kier alpha value is -1.24. The van der Waals surface area contributed by atoms with Crippen molar-refractivity contribution in [3.05, 3.63) is 47.7 Å². The zero-order valence-corrected chi connectivity index (χ0v) is 16.2. The number of hydrogen-bond donors (Lipinski definition) is 1. The molecule has 0 fully saturated rings. The summed E-state index contributed by atoms with van der Waals surface area (Å²) in [5.41, 5.74) is 4.05. The highest BCUT2D eigenvalue weighted by atomic mass is 14.9. The van der Waals surface area contributed by atoms with Crippen molar-refractivity contribution in [3.8, 4) is 0 Å². The van der Waals surface area contributed by atoms with Gasteiger partial charge in [-0.2, -0.15) is 0 Å². The molecule has 1 N–H and O–H groups in total. The molecule has 0 atom stereocenters. The van der Waals surface area contributed by atoms with Crippen molar-refractivity contribution in [2.45, 2.75) is 90.9 Å². The molecule has 0 saturated carbocycles. The molecule has 1 rings (SSSR count). The number of benzene rings is 1. The van der Waals surface area contributed by atoms with Gasteiger partial charge in [0.2, 0.25) is 0 Å². The van der Waals surface area contributed by atoms with Crippen molar-refractivity contribution in [2.75, 3.05) is 6.54 Å². The van der Waals surface area contributed by atoms with Gasteiger partial charge in [0.25, 0.3) is 0 Å². The second-order valence-electron chi connectivity index (χ2n) is 7.16. The van der Waals surface area contributed by atoms with Crippen LogP contribution in [0.1, 0.15) is 89.2 Å². The van der Waals surface area contributed by atoms with Crippen LogP contribution in [-0.2, 0) is 12.8 Å². The van der Waals surface area contributed by atoms with E-state index in [-0.39, 0.29) is 0 Å². The average molecular weight is 330 g/mol. The number of aryl methyl sites for hydroxylation is 2. The largest absolute Gasteiger partial charge is 0.389 e. The Labute approximate surface area is 150 Å². The van der Waals surface area contributed by atoms with Gasteiger partial charge in [0.05, 0.1) is 0 Å². The SMILES string of the molecule is C=C(C)NCCCCCCCCCCCCc1ccc(CC)cc1. The summed E-state index contributed by atoms with van der Waals surface area (Å²) in [5, 5.41) is 3.30. The summed E-state index contributed by atoms with van der Waals surface area (Å²) in [4.78, 5) is 0. The smallest absolute Gasteiger partial charge is 0.0143 e. The number of hydrogen-bond acceptors (Lipinski definition) is 1. The normalized spacial score (nSPS) is 10.8. The van der Waals surface area contributed by atoms with E-state index in [0.717, 1.165) is 18.7 Å². The first-order valence-electron chi connectivity index (χ1n) is 10.2. The van der Waals surface area contributed by atoms with E-state index in [1.807, 2.05) is 6.92 Å². The van der Waals surface area contributed by atoms with Gasteiger partial charge in [-0.1, -0.05) is 89.1 Å². The van der Waals surface area contributed by atoms with Gasteiger partial charge in [-0.25, -0.2) is 0 Å². The molecule has 136 valence electrons. The highest BCUT2D eigenvalue weighted by Gasteiger charge is 1.96. The molecule has 0 aliphatic rings. The van der Waals surface area contributed by atoms with Gasteiger partial charge in [0.1, 0.15) is 0 Å². The third-order valence-corrected chi connectivity index (χ3v) is 4.75. The van der Waals surface area contributed by atoms with E-state index in [0.29, 0.717) is 0 Å². The third-order valence-electron chi connectivity index (χ3n) is 4.75. The molecule has 0 spiro atoms. The van der Waals surface area contributed by atoms with E-state index < -0.39 is 0 Å². The van der Waals surface area contributed by atoms with Gasteiger partial charge in [-0.15, -0.1) is 0 Å². The van der Waals surface area contributed by atoms with Crippen molar-refractivity contribution in [2.24, 2.45) is 0 Å². The third kappa shape index (κ3) is 11.3. The minimum atomic E-state index is 1.09. The molecule has 1 aromatic carbocycles. The van der Waals surface area contributed by atoms with Crippen LogP contribution in [0.2, 0.25) is 0 Å². The molecule has 0 amide bonds.